The number of benzene rings is 1. The number of carbonyl (C=O) groups excluding carboxylic acids is 3. The number of nitrogens with one attached hydrogen (secondary N) is 1. The minimum atomic E-state index is -0.891. The van der Waals surface area contributed by atoms with E-state index < -0.39 is 6.04 Å². The van der Waals surface area contributed by atoms with Gasteiger partial charge in [-0.25, -0.2) is 0 Å². The van der Waals surface area contributed by atoms with Gasteiger partial charge in [-0.3, -0.25) is 24.3 Å². The molecule has 1 saturated carbocycles. The fourth-order valence-electron chi connectivity index (χ4n) is 5.21. The van der Waals surface area contributed by atoms with Gasteiger partial charge in [0.15, 0.2) is 0 Å². The zero-order valence-corrected chi connectivity index (χ0v) is 16.5. The summed E-state index contributed by atoms with van der Waals surface area (Å²) in [5.74, 6) is -1.23. The number of imide groups is 1. The van der Waals surface area contributed by atoms with Gasteiger partial charge in [0.25, 0.3) is 0 Å². The predicted octanol–water partition coefficient (Wildman–Crippen LogP) is 2.83. The van der Waals surface area contributed by atoms with E-state index in [1.165, 1.54) is 4.90 Å². The van der Waals surface area contributed by atoms with Crippen LogP contribution in [0.4, 0.5) is 5.69 Å². The van der Waals surface area contributed by atoms with E-state index in [2.05, 4.69) is 22.5 Å². The standard InChI is InChI=1S/C24H23N3O3/c28-22(26-18-7-4-12-25-14-18)19(13-15-5-2-1-3-6-15)27-23(29)20-16-8-9-17(11-10-16)21(20)24(27)30/h1-9,12,14,16-17,19-21H,10-11,13H2,(H,26,28). The van der Waals surface area contributed by atoms with Gasteiger partial charge >= 0.3 is 0 Å². The number of hydrogen-bond acceptors (Lipinski definition) is 4. The van der Waals surface area contributed by atoms with Crippen LogP contribution in [-0.2, 0) is 20.8 Å². The molecule has 1 N–H and O–H groups in total. The van der Waals surface area contributed by atoms with E-state index in [1.54, 1.807) is 24.5 Å². The Labute approximate surface area is 175 Å². The molecule has 1 saturated heterocycles. The van der Waals surface area contributed by atoms with Crippen molar-refractivity contribution in [3.8, 4) is 0 Å². The lowest BCUT2D eigenvalue weighted by molar-refractivity contribution is -0.146. The molecule has 3 amide bonds. The molecule has 1 aromatic carbocycles. The normalized spacial score (nSPS) is 27.8. The molecule has 1 aliphatic heterocycles. The van der Waals surface area contributed by atoms with Gasteiger partial charge in [-0.15, -0.1) is 0 Å². The van der Waals surface area contributed by atoms with Crippen LogP contribution in [0.3, 0.4) is 0 Å². The van der Waals surface area contributed by atoms with Crippen LogP contribution in [0.2, 0.25) is 0 Å². The van der Waals surface area contributed by atoms with Gasteiger partial charge in [-0.05, 0) is 42.4 Å². The minimum absolute atomic E-state index is 0.0974. The van der Waals surface area contributed by atoms with Crippen molar-refractivity contribution in [3.05, 3.63) is 72.6 Å². The van der Waals surface area contributed by atoms with Crippen molar-refractivity contribution in [2.75, 3.05) is 5.32 Å². The van der Waals surface area contributed by atoms with E-state index in [9.17, 15) is 14.4 Å². The fraction of sp³-hybridized carbons (Fsp3) is 0.333. The third kappa shape index (κ3) is 3.12. The van der Waals surface area contributed by atoms with Gasteiger partial charge < -0.3 is 5.32 Å². The monoisotopic (exact) mass is 401 g/mol. The average molecular weight is 401 g/mol. The highest BCUT2D eigenvalue weighted by Crippen LogP contribution is 2.50. The van der Waals surface area contributed by atoms with E-state index >= 15 is 0 Å². The van der Waals surface area contributed by atoms with Crippen LogP contribution in [0.1, 0.15) is 18.4 Å². The number of pyridine rings is 1. The summed E-state index contributed by atoms with van der Waals surface area (Å²) in [6.45, 7) is 0. The van der Waals surface area contributed by atoms with Gasteiger partial charge in [0.1, 0.15) is 6.04 Å². The predicted molar refractivity (Wildman–Crippen MR) is 111 cm³/mol. The van der Waals surface area contributed by atoms with Crippen LogP contribution >= 0.6 is 0 Å². The summed E-state index contributed by atoms with van der Waals surface area (Å²) in [7, 11) is 0. The summed E-state index contributed by atoms with van der Waals surface area (Å²) in [6, 6.07) is 12.1. The topological polar surface area (TPSA) is 79.4 Å². The Hall–Kier alpha value is -3.28. The van der Waals surface area contributed by atoms with E-state index in [0.717, 1.165) is 18.4 Å². The number of amides is 3. The largest absolute Gasteiger partial charge is 0.323 e. The number of hydrogen-bond donors (Lipinski definition) is 1. The maximum absolute atomic E-state index is 13.4. The second-order valence-corrected chi connectivity index (χ2v) is 8.32. The van der Waals surface area contributed by atoms with Crippen molar-refractivity contribution in [1.82, 2.24) is 9.88 Å². The number of nitrogens with zero attached hydrogens (tertiary/aromatic N) is 2. The molecule has 2 heterocycles. The third-order valence-electron chi connectivity index (χ3n) is 6.61. The zero-order valence-electron chi connectivity index (χ0n) is 16.5. The van der Waals surface area contributed by atoms with E-state index in [1.807, 2.05) is 30.3 Å². The second-order valence-electron chi connectivity index (χ2n) is 8.32. The number of allylic oxidation sites excluding steroid dienone is 2. The van der Waals surface area contributed by atoms with Crippen LogP contribution in [0.25, 0.3) is 0 Å². The van der Waals surface area contributed by atoms with Crippen LogP contribution < -0.4 is 5.32 Å². The van der Waals surface area contributed by atoms with Gasteiger partial charge in [-0.2, -0.15) is 0 Å². The fourth-order valence-corrected chi connectivity index (χ4v) is 5.21. The molecule has 1 aromatic heterocycles. The molecule has 0 radical (unpaired) electrons. The first-order valence-electron chi connectivity index (χ1n) is 10.4. The number of likely N-dealkylation sites (tertiary alicyclic amines) is 1. The zero-order chi connectivity index (χ0) is 20.7. The first kappa shape index (κ1) is 18.7. The smallest absolute Gasteiger partial charge is 0.248 e. The van der Waals surface area contributed by atoms with Crippen molar-refractivity contribution in [2.24, 2.45) is 23.7 Å². The highest BCUT2D eigenvalue weighted by atomic mass is 16.2. The Morgan fingerprint density at radius 2 is 1.67 bits per heavy atom. The number of fused-ring (bicyclic) bond motifs is 1. The van der Waals surface area contributed by atoms with Gasteiger partial charge in [0.05, 0.1) is 23.7 Å². The molecule has 2 fully saturated rings. The van der Waals surface area contributed by atoms with Crippen LogP contribution in [-0.4, -0.2) is 33.6 Å². The quantitative estimate of drug-likeness (QED) is 0.617. The Morgan fingerprint density at radius 3 is 2.23 bits per heavy atom. The Bertz CT molecular complexity index is 973. The summed E-state index contributed by atoms with van der Waals surface area (Å²) in [5, 5.41) is 2.84. The number of aromatic nitrogens is 1. The molecule has 2 bridgehead atoms. The molecule has 6 heteroatoms. The third-order valence-corrected chi connectivity index (χ3v) is 6.61. The maximum Gasteiger partial charge on any atom is 0.248 e. The Morgan fingerprint density at radius 1 is 1.00 bits per heavy atom. The summed E-state index contributed by atoms with van der Waals surface area (Å²) in [4.78, 5) is 45.4. The number of carbonyl (C=O) groups is 3. The first-order valence-corrected chi connectivity index (χ1v) is 10.4. The second kappa shape index (κ2) is 7.52. The van der Waals surface area contributed by atoms with Gasteiger partial charge in [0, 0.05) is 12.6 Å². The summed E-state index contributed by atoms with van der Waals surface area (Å²) in [6.07, 6.45) is 9.50. The number of anilines is 1. The Kier molecular flexibility index (Phi) is 4.69. The average Bonchev–Trinajstić information content (AvgIpc) is 3.07. The summed E-state index contributed by atoms with van der Waals surface area (Å²) >= 11 is 0. The molecule has 5 unspecified atom stereocenters. The molecule has 2 aromatic rings. The van der Waals surface area contributed by atoms with E-state index in [4.69, 9.17) is 0 Å². The van der Waals surface area contributed by atoms with Crippen LogP contribution in [0.15, 0.2) is 67.0 Å². The molecular weight excluding hydrogens is 378 g/mol. The van der Waals surface area contributed by atoms with Crippen LogP contribution in [0.5, 0.6) is 0 Å². The van der Waals surface area contributed by atoms with E-state index in [-0.39, 0.29) is 47.8 Å². The Balaban J connectivity index is 1.47. The minimum Gasteiger partial charge on any atom is -0.323 e. The lowest BCUT2D eigenvalue weighted by atomic mass is 9.63. The van der Waals surface area contributed by atoms with Crippen molar-refractivity contribution >= 4 is 23.4 Å². The molecular formula is C24H23N3O3. The van der Waals surface area contributed by atoms with Crippen molar-refractivity contribution in [2.45, 2.75) is 25.3 Å². The first-order chi connectivity index (χ1) is 14.6. The lowest BCUT2D eigenvalue weighted by Crippen LogP contribution is -2.49. The molecule has 6 rings (SSSR count). The van der Waals surface area contributed by atoms with Gasteiger partial charge in [0.2, 0.25) is 17.7 Å². The van der Waals surface area contributed by atoms with Crippen molar-refractivity contribution in [1.29, 1.82) is 0 Å². The molecule has 3 aliphatic carbocycles. The summed E-state index contributed by atoms with van der Waals surface area (Å²) in [5.41, 5.74) is 1.44. The van der Waals surface area contributed by atoms with Crippen molar-refractivity contribution < 1.29 is 14.4 Å². The number of rotatable bonds is 5. The molecule has 0 spiro atoms. The molecule has 4 aliphatic rings. The van der Waals surface area contributed by atoms with E-state index in [0.29, 0.717) is 5.69 Å². The maximum atomic E-state index is 13.4. The SMILES string of the molecule is O=C(Nc1cccnc1)C(Cc1ccccc1)N1C(=O)C2C3C=CC(CC3)C2C1=O. The molecule has 30 heavy (non-hydrogen) atoms. The molecule has 6 nitrogen and oxygen atoms in total. The van der Waals surface area contributed by atoms with Crippen LogP contribution in [0, 0.1) is 23.7 Å². The lowest BCUT2D eigenvalue weighted by Gasteiger charge is -2.38. The molecule has 152 valence electrons. The summed E-state index contributed by atoms with van der Waals surface area (Å²) < 4.78 is 0. The molecule has 5 atom stereocenters. The van der Waals surface area contributed by atoms with Crippen molar-refractivity contribution in [3.63, 3.8) is 0 Å². The highest BCUT2D eigenvalue weighted by molar-refractivity contribution is 6.10. The van der Waals surface area contributed by atoms with Gasteiger partial charge in [-0.1, -0.05) is 42.5 Å². The highest BCUT2D eigenvalue weighted by Gasteiger charge is 2.58.